The van der Waals surface area contributed by atoms with E-state index in [-0.39, 0.29) is 17.8 Å². The van der Waals surface area contributed by atoms with E-state index in [2.05, 4.69) is 9.97 Å². The minimum absolute atomic E-state index is 0.0739. The SMILES string of the molecule is NCC(Cc1ccccn1)(Cc1ccccn1)c1cc(F)ccc1[N+](=O)[O-]. The molecule has 0 radical (unpaired) electrons. The van der Waals surface area contributed by atoms with Crippen LogP contribution in [0.2, 0.25) is 0 Å². The molecule has 0 saturated carbocycles. The predicted octanol–water partition coefficient (Wildman–Crippen LogP) is 3.21. The monoisotopic (exact) mass is 366 g/mol. The Bertz CT molecular complexity index is 878. The highest BCUT2D eigenvalue weighted by Crippen LogP contribution is 2.37. The molecule has 3 aromatic rings. The number of aromatic nitrogens is 2. The van der Waals surface area contributed by atoms with Crippen LogP contribution in [0.5, 0.6) is 0 Å². The fourth-order valence-corrected chi connectivity index (χ4v) is 3.30. The minimum atomic E-state index is -0.923. The number of benzene rings is 1. The molecule has 0 atom stereocenters. The summed E-state index contributed by atoms with van der Waals surface area (Å²) in [5, 5.41) is 11.6. The molecule has 0 aliphatic heterocycles. The summed E-state index contributed by atoms with van der Waals surface area (Å²) in [7, 11) is 0. The van der Waals surface area contributed by atoms with Gasteiger partial charge in [0.1, 0.15) is 5.82 Å². The van der Waals surface area contributed by atoms with E-state index in [4.69, 9.17) is 5.73 Å². The number of halogens is 1. The van der Waals surface area contributed by atoms with Gasteiger partial charge in [-0.3, -0.25) is 20.1 Å². The largest absolute Gasteiger partial charge is 0.330 e. The van der Waals surface area contributed by atoms with Crippen molar-refractivity contribution in [3.05, 3.63) is 99.9 Å². The Hall–Kier alpha value is -3.19. The maximum absolute atomic E-state index is 14.1. The zero-order chi connectivity index (χ0) is 19.3. The van der Waals surface area contributed by atoms with Gasteiger partial charge in [0.15, 0.2) is 0 Å². The molecule has 2 N–H and O–H groups in total. The molecule has 2 aromatic heterocycles. The first-order valence-corrected chi connectivity index (χ1v) is 8.48. The van der Waals surface area contributed by atoms with Crippen LogP contribution in [0.25, 0.3) is 0 Å². The van der Waals surface area contributed by atoms with Gasteiger partial charge in [-0.25, -0.2) is 4.39 Å². The van der Waals surface area contributed by atoms with Crippen molar-refractivity contribution in [2.24, 2.45) is 5.73 Å². The van der Waals surface area contributed by atoms with Gasteiger partial charge < -0.3 is 5.73 Å². The quantitative estimate of drug-likeness (QED) is 0.512. The molecule has 1 aromatic carbocycles. The molecule has 0 saturated heterocycles. The second-order valence-corrected chi connectivity index (χ2v) is 6.40. The van der Waals surface area contributed by atoms with E-state index in [0.29, 0.717) is 12.8 Å². The number of hydrogen-bond donors (Lipinski definition) is 1. The standard InChI is InChI=1S/C20H19FN4O2/c21-15-7-8-19(25(26)27)18(11-15)20(14-22,12-16-5-1-3-9-23-16)13-17-6-2-4-10-24-17/h1-11H,12-14,22H2. The Morgan fingerprint density at radius 1 is 1.00 bits per heavy atom. The van der Waals surface area contributed by atoms with Gasteiger partial charge in [-0.15, -0.1) is 0 Å². The fraction of sp³-hybridized carbons (Fsp3) is 0.200. The number of rotatable bonds is 7. The average Bonchev–Trinajstić information content (AvgIpc) is 2.68. The highest BCUT2D eigenvalue weighted by atomic mass is 19.1. The molecule has 0 aliphatic rings. The lowest BCUT2D eigenvalue weighted by Crippen LogP contribution is -2.40. The predicted molar refractivity (Wildman–Crippen MR) is 99.7 cm³/mol. The number of hydrogen-bond acceptors (Lipinski definition) is 5. The van der Waals surface area contributed by atoms with Gasteiger partial charge in [-0.05, 0) is 36.4 Å². The van der Waals surface area contributed by atoms with Gasteiger partial charge in [0.2, 0.25) is 0 Å². The summed E-state index contributed by atoms with van der Waals surface area (Å²) in [6.07, 6.45) is 3.95. The lowest BCUT2D eigenvalue weighted by molar-refractivity contribution is -0.386. The molecule has 0 unspecified atom stereocenters. The molecule has 0 aliphatic carbocycles. The number of nitrogens with two attached hydrogens (primary N) is 1. The first kappa shape index (κ1) is 18.6. The third kappa shape index (κ3) is 4.15. The van der Waals surface area contributed by atoms with E-state index < -0.39 is 16.2 Å². The highest BCUT2D eigenvalue weighted by Gasteiger charge is 2.38. The third-order valence-corrected chi connectivity index (χ3v) is 4.61. The van der Waals surface area contributed by atoms with Gasteiger partial charge in [-0.2, -0.15) is 0 Å². The number of nitrogens with zero attached hydrogens (tertiary/aromatic N) is 3. The van der Waals surface area contributed by atoms with Gasteiger partial charge in [0.25, 0.3) is 5.69 Å². The third-order valence-electron chi connectivity index (χ3n) is 4.61. The fourth-order valence-electron chi connectivity index (χ4n) is 3.30. The van der Waals surface area contributed by atoms with E-state index in [0.717, 1.165) is 17.5 Å². The van der Waals surface area contributed by atoms with Crippen LogP contribution in [0.1, 0.15) is 17.0 Å². The maximum atomic E-state index is 14.1. The second-order valence-electron chi connectivity index (χ2n) is 6.40. The van der Waals surface area contributed by atoms with Crippen molar-refractivity contribution >= 4 is 5.69 Å². The lowest BCUT2D eigenvalue weighted by Gasteiger charge is -2.32. The van der Waals surface area contributed by atoms with Crippen molar-refractivity contribution in [1.82, 2.24) is 9.97 Å². The van der Waals surface area contributed by atoms with E-state index in [1.165, 1.54) is 12.1 Å². The zero-order valence-electron chi connectivity index (χ0n) is 14.6. The highest BCUT2D eigenvalue weighted by molar-refractivity contribution is 5.47. The Kier molecular flexibility index (Phi) is 5.52. The number of pyridine rings is 2. The Morgan fingerprint density at radius 3 is 2.04 bits per heavy atom. The van der Waals surface area contributed by atoms with Gasteiger partial charge >= 0.3 is 0 Å². The number of nitro groups is 1. The normalized spacial score (nSPS) is 11.3. The Morgan fingerprint density at radius 2 is 1.59 bits per heavy atom. The van der Waals surface area contributed by atoms with Crippen molar-refractivity contribution < 1.29 is 9.31 Å². The molecule has 0 fully saturated rings. The van der Waals surface area contributed by atoms with Gasteiger partial charge in [0.05, 0.1) is 4.92 Å². The summed E-state index contributed by atoms with van der Waals surface area (Å²) < 4.78 is 14.1. The van der Waals surface area contributed by atoms with Crippen LogP contribution < -0.4 is 5.73 Å². The molecule has 0 amide bonds. The van der Waals surface area contributed by atoms with Crippen LogP contribution in [0.15, 0.2) is 67.0 Å². The molecule has 7 heteroatoms. The molecule has 0 bridgehead atoms. The van der Waals surface area contributed by atoms with Crippen LogP contribution in [0.3, 0.4) is 0 Å². The van der Waals surface area contributed by atoms with Gasteiger partial charge in [0, 0.05) is 60.2 Å². The molecule has 6 nitrogen and oxygen atoms in total. The summed E-state index contributed by atoms with van der Waals surface area (Å²) in [6.45, 7) is 0.0739. The van der Waals surface area contributed by atoms with Crippen LogP contribution in [0, 0.1) is 15.9 Å². The smallest absolute Gasteiger partial charge is 0.273 e. The first-order chi connectivity index (χ1) is 13.0. The zero-order valence-corrected chi connectivity index (χ0v) is 14.6. The summed E-state index contributed by atoms with van der Waals surface area (Å²) >= 11 is 0. The second kappa shape index (κ2) is 8.01. The summed E-state index contributed by atoms with van der Waals surface area (Å²) in [5.74, 6) is -0.546. The molecule has 138 valence electrons. The molecular weight excluding hydrogens is 347 g/mol. The molecule has 27 heavy (non-hydrogen) atoms. The van der Waals surface area contributed by atoms with Crippen molar-refractivity contribution in [3.8, 4) is 0 Å². The summed E-state index contributed by atoms with van der Waals surface area (Å²) in [4.78, 5) is 19.8. The average molecular weight is 366 g/mol. The Balaban J connectivity index is 2.17. The topological polar surface area (TPSA) is 94.9 Å². The van der Waals surface area contributed by atoms with E-state index >= 15 is 0 Å². The summed E-state index contributed by atoms with van der Waals surface area (Å²) in [5.41, 5.74) is 6.77. The van der Waals surface area contributed by atoms with E-state index in [9.17, 15) is 14.5 Å². The lowest BCUT2D eigenvalue weighted by atomic mass is 9.72. The maximum Gasteiger partial charge on any atom is 0.273 e. The number of nitro benzene ring substituents is 1. The molecule has 2 heterocycles. The first-order valence-electron chi connectivity index (χ1n) is 8.48. The van der Waals surface area contributed by atoms with Gasteiger partial charge in [-0.1, -0.05) is 12.1 Å². The van der Waals surface area contributed by atoms with Crippen LogP contribution in [-0.4, -0.2) is 21.4 Å². The van der Waals surface area contributed by atoms with E-state index in [1.54, 1.807) is 24.5 Å². The summed E-state index contributed by atoms with van der Waals surface area (Å²) in [6, 6.07) is 14.4. The molecule has 0 spiro atoms. The van der Waals surface area contributed by atoms with Crippen molar-refractivity contribution in [2.45, 2.75) is 18.3 Å². The van der Waals surface area contributed by atoms with E-state index in [1.807, 2.05) is 24.3 Å². The van der Waals surface area contributed by atoms with Crippen LogP contribution in [-0.2, 0) is 18.3 Å². The van der Waals surface area contributed by atoms with Crippen molar-refractivity contribution in [2.75, 3.05) is 6.54 Å². The van der Waals surface area contributed by atoms with Crippen LogP contribution >= 0.6 is 0 Å². The van der Waals surface area contributed by atoms with Crippen molar-refractivity contribution in [1.29, 1.82) is 0 Å². The minimum Gasteiger partial charge on any atom is -0.330 e. The van der Waals surface area contributed by atoms with Crippen LogP contribution in [0.4, 0.5) is 10.1 Å². The Labute approximate surface area is 156 Å². The molecular formula is C20H19FN4O2. The molecule has 3 rings (SSSR count). The van der Waals surface area contributed by atoms with Crippen molar-refractivity contribution in [3.63, 3.8) is 0 Å².